The summed E-state index contributed by atoms with van der Waals surface area (Å²) in [6.07, 6.45) is 1.26. The number of aromatic amines is 1. The number of benzene rings is 1. The molecule has 7 nitrogen and oxygen atoms in total. The summed E-state index contributed by atoms with van der Waals surface area (Å²) in [7, 11) is 0. The van der Waals surface area contributed by atoms with Gasteiger partial charge in [0.1, 0.15) is 0 Å². The number of hydrogen-bond donors (Lipinski definition) is 3. The number of aromatic carboxylic acids is 1. The van der Waals surface area contributed by atoms with Crippen molar-refractivity contribution in [2.24, 2.45) is 0 Å². The Kier molecular flexibility index (Phi) is 3.28. The number of aromatic nitrogens is 3. The topological polar surface area (TPSA) is 108 Å². The van der Waals surface area contributed by atoms with E-state index in [1.54, 1.807) is 19.9 Å². The van der Waals surface area contributed by atoms with E-state index in [-0.39, 0.29) is 16.9 Å². The Balaban J connectivity index is 2.39. The van der Waals surface area contributed by atoms with Gasteiger partial charge in [-0.1, -0.05) is 6.07 Å². The maximum Gasteiger partial charge on any atom is 0.337 e. The van der Waals surface area contributed by atoms with Crippen molar-refractivity contribution in [3.8, 4) is 0 Å². The first-order chi connectivity index (χ1) is 8.99. The first-order valence-corrected chi connectivity index (χ1v) is 5.50. The standard InChI is InChI=1S/C12H12N4O3/c1-6-3-7(2)10(8(4-6)12(18)19)14-11(17)9-5-13-16-15-9/h3-5H,1-2H3,(H,14,17)(H,18,19)(H,13,15,16). The van der Waals surface area contributed by atoms with Crippen LogP contribution < -0.4 is 5.32 Å². The van der Waals surface area contributed by atoms with Gasteiger partial charge in [-0.15, -0.1) is 0 Å². The largest absolute Gasteiger partial charge is 0.478 e. The summed E-state index contributed by atoms with van der Waals surface area (Å²) < 4.78 is 0. The van der Waals surface area contributed by atoms with Crippen molar-refractivity contribution in [2.45, 2.75) is 13.8 Å². The highest BCUT2D eigenvalue weighted by Gasteiger charge is 2.17. The van der Waals surface area contributed by atoms with Gasteiger partial charge in [0.2, 0.25) is 0 Å². The highest BCUT2D eigenvalue weighted by Crippen LogP contribution is 2.23. The van der Waals surface area contributed by atoms with Gasteiger partial charge in [-0.25, -0.2) is 4.79 Å². The minimum Gasteiger partial charge on any atom is -0.478 e. The molecule has 0 radical (unpaired) electrons. The third-order valence-corrected chi connectivity index (χ3v) is 2.60. The zero-order valence-electron chi connectivity index (χ0n) is 10.4. The number of carboxylic acid groups (broad SMARTS) is 1. The second-order valence-electron chi connectivity index (χ2n) is 4.12. The van der Waals surface area contributed by atoms with E-state index in [0.29, 0.717) is 5.56 Å². The van der Waals surface area contributed by atoms with Gasteiger partial charge in [0.25, 0.3) is 5.91 Å². The average molecular weight is 260 g/mol. The predicted molar refractivity (Wildman–Crippen MR) is 67.2 cm³/mol. The molecule has 0 unspecified atom stereocenters. The summed E-state index contributed by atoms with van der Waals surface area (Å²) in [4.78, 5) is 23.1. The third kappa shape index (κ3) is 2.59. The van der Waals surface area contributed by atoms with E-state index in [1.807, 2.05) is 0 Å². The molecule has 3 N–H and O–H groups in total. The highest BCUT2D eigenvalue weighted by atomic mass is 16.4. The predicted octanol–water partition coefficient (Wildman–Crippen LogP) is 1.37. The van der Waals surface area contributed by atoms with E-state index >= 15 is 0 Å². The van der Waals surface area contributed by atoms with Crippen LogP contribution in [0.1, 0.15) is 32.0 Å². The lowest BCUT2D eigenvalue weighted by molar-refractivity contribution is 0.0698. The molecule has 1 amide bonds. The molecule has 7 heteroatoms. The molecule has 0 aliphatic carbocycles. The number of aryl methyl sites for hydroxylation is 2. The van der Waals surface area contributed by atoms with Crippen LogP contribution in [0.5, 0.6) is 0 Å². The van der Waals surface area contributed by atoms with Crippen molar-refractivity contribution in [3.05, 3.63) is 40.7 Å². The van der Waals surface area contributed by atoms with Crippen LogP contribution in [0, 0.1) is 13.8 Å². The Bertz CT molecular complexity index is 635. The Morgan fingerprint density at radius 1 is 1.32 bits per heavy atom. The zero-order chi connectivity index (χ0) is 14.0. The quantitative estimate of drug-likeness (QED) is 0.772. The van der Waals surface area contributed by atoms with E-state index in [2.05, 4.69) is 20.7 Å². The molecule has 98 valence electrons. The lowest BCUT2D eigenvalue weighted by atomic mass is 10.0. The van der Waals surface area contributed by atoms with E-state index in [1.165, 1.54) is 12.3 Å². The summed E-state index contributed by atoms with van der Waals surface area (Å²) in [5, 5.41) is 21.2. The second-order valence-corrected chi connectivity index (χ2v) is 4.12. The number of anilines is 1. The first-order valence-electron chi connectivity index (χ1n) is 5.50. The summed E-state index contributed by atoms with van der Waals surface area (Å²) in [5.41, 5.74) is 1.90. The van der Waals surface area contributed by atoms with Gasteiger partial charge in [-0.2, -0.15) is 15.4 Å². The van der Waals surface area contributed by atoms with Crippen LogP contribution in [0.4, 0.5) is 5.69 Å². The maximum atomic E-state index is 11.9. The number of carbonyl (C=O) groups is 2. The second kappa shape index (κ2) is 4.89. The molecular weight excluding hydrogens is 248 g/mol. The molecule has 0 aliphatic heterocycles. The number of hydrogen-bond acceptors (Lipinski definition) is 4. The molecule has 0 aliphatic rings. The van der Waals surface area contributed by atoms with Crippen molar-refractivity contribution in [2.75, 3.05) is 5.32 Å². The molecule has 2 rings (SSSR count). The fraction of sp³-hybridized carbons (Fsp3) is 0.167. The Hall–Kier alpha value is -2.70. The number of nitrogens with one attached hydrogen (secondary N) is 2. The maximum absolute atomic E-state index is 11.9. The van der Waals surface area contributed by atoms with Crippen LogP contribution in [-0.4, -0.2) is 32.4 Å². The number of nitrogens with zero attached hydrogens (tertiary/aromatic N) is 2. The van der Waals surface area contributed by atoms with Gasteiger partial charge in [0.05, 0.1) is 17.4 Å². The van der Waals surface area contributed by atoms with Crippen LogP contribution in [0.15, 0.2) is 18.3 Å². The van der Waals surface area contributed by atoms with E-state index in [0.717, 1.165) is 5.56 Å². The number of H-pyrrole nitrogens is 1. The fourth-order valence-electron chi connectivity index (χ4n) is 1.79. The molecule has 0 fully saturated rings. The van der Waals surface area contributed by atoms with Crippen LogP contribution in [0.25, 0.3) is 0 Å². The van der Waals surface area contributed by atoms with Gasteiger partial charge < -0.3 is 10.4 Å². The molecular formula is C12H12N4O3. The van der Waals surface area contributed by atoms with E-state index in [9.17, 15) is 14.7 Å². The summed E-state index contributed by atoms with van der Waals surface area (Å²) in [5.74, 6) is -1.61. The Labute approximate surface area is 108 Å². The van der Waals surface area contributed by atoms with Gasteiger partial charge in [-0.05, 0) is 31.0 Å². The monoisotopic (exact) mass is 260 g/mol. The first kappa shape index (κ1) is 12.7. The van der Waals surface area contributed by atoms with E-state index < -0.39 is 11.9 Å². The molecule has 1 heterocycles. The zero-order valence-corrected chi connectivity index (χ0v) is 10.4. The molecule has 0 bridgehead atoms. The molecule has 0 saturated carbocycles. The van der Waals surface area contributed by atoms with Crippen LogP contribution in [-0.2, 0) is 0 Å². The molecule has 0 spiro atoms. The lowest BCUT2D eigenvalue weighted by Crippen LogP contribution is -2.16. The van der Waals surface area contributed by atoms with Crippen molar-refractivity contribution >= 4 is 17.6 Å². The Morgan fingerprint density at radius 3 is 2.63 bits per heavy atom. The normalized spacial score (nSPS) is 10.2. The van der Waals surface area contributed by atoms with Gasteiger partial charge >= 0.3 is 5.97 Å². The summed E-state index contributed by atoms with van der Waals surface area (Å²) in [6.45, 7) is 3.53. The van der Waals surface area contributed by atoms with E-state index in [4.69, 9.17) is 0 Å². The number of carbonyl (C=O) groups excluding carboxylic acids is 1. The highest BCUT2D eigenvalue weighted by molar-refractivity contribution is 6.07. The molecule has 19 heavy (non-hydrogen) atoms. The summed E-state index contributed by atoms with van der Waals surface area (Å²) in [6, 6.07) is 3.30. The molecule has 2 aromatic rings. The van der Waals surface area contributed by atoms with Crippen molar-refractivity contribution in [3.63, 3.8) is 0 Å². The number of carboxylic acids is 1. The third-order valence-electron chi connectivity index (χ3n) is 2.60. The van der Waals surface area contributed by atoms with Crippen molar-refractivity contribution in [1.29, 1.82) is 0 Å². The SMILES string of the molecule is Cc1cc(C)c(NC(=O)c2cn[nH]n2)c(C(=O)O)c1. The lowest BCUT2D eigenvalue weighted by Gasteiger charge is -2.11. The van der Waals surface area contributed by atoms with Crippen molar-refractivity contribution < 1.29 is 14.7 Å². The molecule has 0 saturated heterocycles. The smallest absolute Gasteiger partial charge is 0.337 e. The molecule has 1 aromatic carbocycles. The van der Waals surface area contributed by atoms with Crippen LogP contribution >= 0.6 is 0 Å². The fourth-order valence-corrected chi connectivity index (χ4v) is 1.79. The minimum atomic E-state index is -1.10. The van der Waals surface area contributed by atoms with Crippen LogP contribution in [0.3, 0.4) is 0 Å². The van der Waals surface area contributed by atoms with Gasteiger partial charge in [-0.3, -0.25) is 4.79 Å². The summed E-state index contributed by atoms with van der Waals surface area (Å²) >= 11 is 0. The average Bonchev–Trinajstić information content (AvgIpc) is 2.85. The van der Waals surface area contributed by atoms with Crippen molar-refractivity contribution in [1.82, 2.24) is 15.4 Å². The molecule has 0 atom stereocenters. The molecule has 1 aromatic heterocycles. The number of amides is 1. The Morgan fingerprint density at radius 2 is 2.05 bits per heavy atom. The minimum absolute atomic E-state index is 0.0503. The number of rotatable bonds is 3. The van der Waals surface area contributed by atoms with Gasteiger partial charge in [0, 0.05) is 0 Å². The van der Waals surface area contributed by atoms with Crippen LogP contribution in [0.2, 0.25) is 0 Å². The van der Waals surface area contributed by atoms with Gasteiger partial charge in [0.15, 0.2) is 5.69 Å².